The van der Waals surface area contributed by atoms with Gasteiger partial charge in [-0.1, -0.05) is 6.07 Å². The third kappa shape index (κ3) is 3.90. The molecule has 0 radical (unpaired) electrons. The fraction of sp³-hybridized carbons (Fsp3) is 0.467. The molecule has 3 rings (SSSR count). The number of anilines is 2. The van der Waals surface area contributed by atoms with Gasteiger partial charge in [0, 0.05) is 36.9 Å². The van der Waals surface area contributed by atoms with E-state index < -0.39 is 0 Å². The topological polar surface area (TPSA) is 73.5 Å². The molecule has 6 nitrogen and oxygen atoms in total. The number of amides is 3. The van der Waals surface area contributed by atoms with Crippen LogP contribution in [0.25, 0.3) is 0 Å². The second kappa shape index (κ2) is 7.47. The summed E-state index contributed by atoms with van der Waals surface area (Å²) >= 11 is 0. The van der Waals surface area contributed by atoms with Crippen molar-refractivity contribution in [3.8, 4) is 0 Å². The van der Waals surface area contributed by atoms with Gasteiger partial charge in [0.05, 0.1) is 0 Å². The standard InChI is InChI=1S/C15H20N4O2.ClH/c20-14(10-11-4-2-6-16-11)18-12-3-1-5-13(9-12)19-8-7-17-15(19)21;/h1,3,5,9,11,16H,2,4,6-8,10H2,(H,17,21)(H,18,20);1H. The van der Waals surface area contributed by atoms with Gasteiger partial charge < -0.3 is 16.0 Å². The lowest BCUT2D eigenvalue weighted by Gasteiger charge is -2.16. The van der Waals surface area contributed by atoms with Gasteiger partial charge in [-0.25, -0.2) is 4.79 Å². The molecule has 1 aromatic rings. The van der Waals surface area contributed by atoms with Gasteiger partial charge in [0.1, 0.15) is 0 Å². The van der Waals surface area contributed by atoms with E-state index >= 15 is 0 Å². The van der Waals surface area contributed by atoms with Crippen LogP contribution in [0.5, 0.6) is 0 Å². The minimum Gasteiger partial charge on any atom is -0.336 e. The summed E-state index contributed by atoms with van der Waals surface area (Å²) in [5, 5.41) is 8.99. The molecular weight excluding hydrogens is 304 g/mol. The fourth-order valence-corrected chi connectivity index (χ4v) is 2.84. The highest BCUT2D eigenvalue weighted by atomic mass is 35.5. The highest BCUT2D eigenvalue weighted by Gasteiger charge is 2.21. The Bertz CT molecular complexity index is 546. The highest BCUT2D eigenvalue weighted by molar-refractivity contribution is 5.96. The average molecular weight is 325 g/mol. The van der Waals surface area contributed by atoms with Crippen LogP contribution in [0, 0.1) is 0 Å². The molecule has 2 aliphatic rings. The number of carbonyl (C=O) groups is 2. The van der Waals surface area contributed by atoms with Crippen molar-refractivity contribution in [3.63, 3.8) is 0 Å². The van der Waals surface area contributed by atoms with Crippen LogP contribution in [0.15, 0.2) is 24.3 Å². The van der Waals surface area contributed by atoms with Gasteiger partial charge in [0.25, 0.3) is 0 Å². The van der Waals surface area contributed by atoms with Gasteiger partial charge in [-0.15, -0.1) is 12.4 Å². The van der Waals surface area contributed by atoms with Crippen molar-refractivity contribution in [2.24, 2.45) is 0 Å². The molecule has 2 aliphatic heterocycles. The van der Waals surface area contributed by atoms with Crippen LogP contribution in [-0.4, -0.2) is 37.6 Å². The number of rotatable bonds is 4. The van der Waals surface area contributed by atoms with Crippen molar-refractivity contribution in [2.45, 2.75) is 25.3 Å². The molecule has 2 saturated heterocycles. The predicted molar refractivity (Wildman–Crippen MR) is 88.7 cm³/mol. The molecule has 1 unspecified atom stereocenters. The molecule has 120 valence electrons. The number of carbonyl (C=O) groups excluding carboxylic acids is 2. The second-order valence-corrected chi connectivity index (χ2v) is 5.48. The van der Waals surface area contributed by atoms with Crippen LogP contribution >= 0.6 is 12.4 Å². The van der Waals surface area contributed by atoms with Crippen molar-refractivity contribution in [3.05, 3.63) is 24.3 Å². The summed E-state index contributed by atoms with van der Waals surface area (Å²) in [4.78, 5) is 25.4. The van der Waals surface area contributed by atoms with E-state index in [9.17, 15) is 9.59 Å². The molecule has 0 saturated carbocycles. The Hall–Kier alpha value is -1.79. The Morgan fingerprint density at radius 1 is 1.36 bits per heavy atom. The Morgan fingerprint density at radius 2 is 2.23 bits per heavy atom. The molecular formula is C15H21ClN4O2. The maximum Gasteiger partial charge on any atom is 0.321 e. The average Bonchev–Trinajstić information content (AvgIpc) is 3.10. The summed E-state index contributed by atoms with van der Waals surface area (Å²) in [7, 11) is 0. The summed E-state index contributed by atoms with van der Waals surface area (Å²) in [6, 6.07) is 7.61. The van der Waals surface area contributed by atoms with E-state index in [2.05, 4.69) is 16.0 Å². The van der Waals surface area contributed by atoms with Gasteiger partial charge in [-0.05, 0) is 37.6 Å². The molecule has 1 aromatic carbocycles. The minimum absolute atomic E-state index is 0. The summed E-state index contributed by atoms with van der Waals surface area (Å²) in [6.07, 6.45) is 2.69. The monoisotopic (exact) mass is 324 g/mol. The van der Waals surface area contributed by atoms with Gasteiger partial charge in [-0.3, -0.25) is 9.69 Å². The van der Waals surface area contributed by atoms with E-state index in [1.54, 1.807) is 4.90 Å². The summed E-state index contributed by atoms with van der Waals surface area (Å²) < 4.78 is 0. The van der Waals surface area contributed by atoms with Crippen molar-refractivity contribution < 1.29 is 9.59 Å². The van der Waals surface area contributed by atoms with Gasteiger partial charge in [0.15, 0.2) is 0 Å². The molecule has 2 fully saturated rings. The lowest BCUT2D eigenvalue weighted by atomic mass is 10.1. The third-order valence-electron chi connectivity index (χ3n) is 3.89. The molecule has 3 N–H and O–H groups in total. The van der Waals surface area contributed by atoms with Crippen LogP contribution in [0.1, 0.15) is 19.3 Å². The highest BCUT2D eigenvalue weighted by Crippen LogP contribution is 2.21. The van der Waals surface area contributed by atoms with Crippen LogP contribution in [0.4, 0.5) is 16.2 Å². The number of hydrogen-bond acceptors (Lipinski definition) is 3. The van der Waals surface area contributed by atoms with E-state index in [0.29, 0.717) is 19.5 Å². The van der Waals surface area contributed by atoms with Crippen molar-refractivity contribution in [1.82, 2.24) is 10.6 Å². The largest absolute Gasteiger partial charge is 0.336 e. The molecule has 0 aromatic heterocycles. The number of urea groups is 1. The molecule has 0 aliphatic carbocycles. The van der Waals surface area contributed by atoms with E-state index in [-0.39, 0.29) is 30.4 Å². The van der Waals surface area contributed by atoms with E-state index in [1.165, 1.54) is 0 Å². The molecule has 1 atom stereocenters. The number of benzene rings is 1. The van der Waals surface area contributed by atoms with Crippen LogP contribution in [-0.2, 0) is 4.79 Å². The van der Waals surface area contributed by atoms with Crippen molar-refractivity contribution in [2.75, 3.05) is 29.9 Å². The number of hydrogen-bond donors (Lipinski definition) is 3. The SMILES string of the molecule is Cl.O=C(CC1CCCN1)Nc1cccc(N2CCNC2=O)c1. The smallest absolute Gasteiger partial charge is 0.321 e. The zero-order chi connectivity index (χ0) is 14.7. The first-order valence-corrected chi connectivity index (χ1v) is 7.41. The molecule has 22 heavy (non-hydrogen) atoms. The molecule has 0 spiro atoms. The fourth-order valence-electron chi connectivity index (χ4n) is 2.84. The maximum atomic E-state index is 12.0. The minimum atomic E-state index is -0.0892. The van der Waals surface area contributed by atoms with Crippen LogP contribution in [0.3, 0.4) is 0 Å². The second-order valence-electron chi connectivity index (χ2n) is 5.48. The molecule has 0 bridgehead atoms. The molecule has 3 amide bonds. The summed E-state index contributed by atoms with van der Waals surface area (Å²) in [6.45, 7) is 2.31. The summed E-state index contributed by atoms with van der Waals surface area (Å²) in [5.41, 5.74) is 1.54. The first kappa shape index (κ1) is 16.6. The number of halogens is 1. The normalized spacial score (nSPS) is 20.5. The first-order chi connectivity index (χ1) is 10.2. The van der Waals surface area contributed by atoms with Gasteiger partial charge in [-0.2, -0.15) is 0 Å². The number of nitrogens with one attached hydrogen (secondary N) is 3. The van der Waals surface area contributed by atoms with Gasteiger partial charge in [0.2, 0.25) is 5.91 Å². The maximum absolute atomic E-state index is 12.0. The van der Waals surface area contributed by atoms with Crippen LogP contribution in [0.2, 0.25) is 0 Å². The van der Waals surface area contributed by atoms with Crippen molar-refractivity contribution >= 4 is 35.7 Å². The first-order valence-electron chi connectivity index (χ1n) is 7.41. The third-order valence-corrected chi connectivity index (χ3v) is 3.89. The van der Waals surface area contributed by atoms with Crippen LogP contribution < -0.4 is 20.9 Å². The van der Waals surface area contributed by atoms with E-state index in [1.807, 2.05) is 24.3 Å². The lowest BCUT2D eigenvalue weighted by molar-refractivity contribution is -0.116. The number of nitrogens with zero attached hydrogens (tertiary/aromatic N) is 1. The predicted octanol–water partition coefficient (Wildman–Crippen LogP) is 1.72. The Labute approximate surface area is 136 Å². The quantitative estimate of drug-likeness (QED) is 0.789. The zero-order valence-corrected chi connectivity index (χ0v) is 13.1. The van der Waals surface area contributed by atoms with E-state index in [4.69, 9.17) is 0 Å². The Kier molecular flexibility index (Phi) is 5.63. The van der Waals surface area contributed by atoms with Gasteiger partial charge >= 0.3 is 6.03 Å². The molecule has 7 heteroatoms. The van der Waals surface area contributed by atoms with E-state index in [0.717, 1.165) is 30.8 Å². The Balaban J connectivity index is 0.00000176. The van der Waals surface area contributed by atoms with Crippen molar-refractivity contribution in [1.29, 1.82) is 0 Å². The Morgan fingerprint density at radius 3 is 2.91 bits per heavy atom. The molecule has 2 heterocycles. The zero-order valence-electron chi connectivity index (χ0n) is 12.3. The summed E-state index contributed by atoms with van der Waals surface area (Å²) in [5.74, 6) is 0.0115. The lowest BCUT2D eigenvalue weighted by Crippen LogP contribution is -2.28.